The zero-order valence-corrected chi connectivity index (χ0v) is 49.3. The van der Waals surface area contributed by atoms with E-state index in [-0.39, 0.29) is 90.2 Å². The van der Waals surface area contributed by atoms with Crippen LogP contribution in [-0.4, -0.2) is 224 Å². The first-order valence-electron chi connectivity index (χ1n) is 29.2. The van der Waals surface area contributed by atoms with Gasteiger partial charge in [0.15, 0.2) is 0 Å². The third-order valence-electron chi connectivity index (χ3n) is 17.3. The summed E-state index contributed by atoms with van der Waals surface area (Å²) in [6.45, 7) is 25.6. The minimum Gasteiger partial charge on any atom is -0.489 e. The molecule has 22 heteroatoms. The molecule has 8 rings (SSSR count). The second-order valence-corrected chi connectivity index (χ2v) is 24.4. The average molecular weight is 1140 g/mol. The average Bonchev–Trinajstić information content (AvgIpc) is 4.13. The number of nitriles is 1. The molecule has 2 amide bonds. The van der Waals surface area contributed by atoms with Crippen molar-refractivity contribution in [2.75, 3.05) is 131 Å². The number of likely N-dealkylation sites (N-methyl/N-ethyl adjacent to an activating group) is 1. The first-order valence-corrected chi connectivity index (χ1v) is 29.6. The van der Waals surface area contributed by atoms with Gasteiger partial charge in [0.05, 0.1) is 94.3 Å². The van der Waals surface area contributed by atoms with E-state index in [4.69, 9.17) is 40.0 Å². The Hall–Kier alpha value is -3.83. The number of hydrogen-bond acceptors (Lipinski definition) is 18. The number of carbonyl (C=O) groups excluding carboxylic acids is 2. The molecule has 5 heterocycles. The number of nitrogens with one attached hydrogen (secondary N) is 7. The highest BCUT2D eigenvalue weighted by Gasteiger charge is 2.64. The number of amides is 2. The minimum absolute atomic E-state index is 0.0143. The lowest BCUT2D eigenvalue weighted by atomic mass is 9.49. The molecule has 6 aliphatic rings. The zero-order chi connectivity index (χ0) is 57.0. The monoisotopic (exact) mass is 1140 g/mol. The fourth-order valence-corrected chi connectivity index (χ4v) is 13.3. The number of halogens is 2. The van der Waals surface area contributed by atoms with Crippen molar-refractivity contribution >= 4 is 29.1 Å². The summed E-state index contributed by atoms with van der Waals surface area (Å²) in [5.74, 6) is 0.476. The SMILES string of the molecule is CC(C)N1C(C)NCC1C1NC(Nc2ccc(C(=O)N3CC[C@H](N(C)CCOCCOCCOCCOCCOC4CCN(C5NCC(C(=O)NC6C(C)(C)C(Oc7ccc(C#N)c(Cl)c7)C6(C)C)CN5)CC4)C3)cc2)NCC1F. The van der Waals surface area contributed by atoms with E-state index < -0.39 is 6.17 Å². The predicted molar refractivity (Wildman–Crippen MR) is 306 cm³/mol. The molecule has 0 radical (unpaired) electrons. The summed E-state index contributed by atoms with van der Waals surface area (Å²) in [7, 11) is 2.09. The smallest absolute Gasteiger partial charge is 0.253 e. The molecule has 7 N–H and O–H groups in total. The Kier molecular flexibility index (Phi) is 22.6. The maximum Gasteiger partial charge on any atom is 0.253 e. The largest absolute Gasteiger partial charge is 0.489 e. The van der Waals surface area contributed by atoms with Crippen LogP contribution >= 0.6 is 11.6 Å². The molecule has 5 saturated heterocycles. The molecule has 5 unspecified atom stereocenters. The van der Waals surface area contributed by atoms with Gasteiger partial charge in [0.2, 0.25) is 5.91 Å². The fraction of sp³-hybridized carbons (Fsp3) is 0.741. The van der Waals surface area contributed by atoms with E-state index in [0.29, 0.717) is 114 Å². The van der Waals surface area contributed by atoms with Gasteiger partial charge in [-0.3, -0.25) is 45.6 Å². The highest BCUT2D eigenvalue weighted by molar-refractivity contribution is 6.31. The van der Waals surface area contributed by atoms with E-state index in [1.807, 2.05) is 29.2 Å². The van der Waals surface area contributed by atoms with Crippen LogP contribution in [0.25, 0.3) is 0 Å². The Labute approximate surface area is 479 Å². The first-order chi connectivity index (χ1) is 38.4. The zero-order valence-electron chi connectivity index (χ0n) is 48.6. The molecule has 0 bridgehead atoms. The second-order valence-electron chi connectivity index (χ2n) is 23.9. The third kappa shape index (κ3) is 15.9. The van der Waals surface area contributed by atoms with Gasteiger partial charge in [-0.15, -0.1) is 0 Å². The van der Waals surface area contributed by atoms with Gasteiger partial charge in [-0.1, -0.05) is 39.3 Å². The molecule has 446 valence electrons. The number of likely N-dealkylation sites (tertiary alicyclic amines) is 2. The number of anilines is 1. The normalized spacial score (nSPS) is 29.2. The summed E-state index contributed by atoms with van der Waals surface area (Å²) < 4.78 is 50.7. The maximum atomic E-state index is 15.2. The van der Waals surface area contributed by atoms with Gasteiger partial charge in [-0.05, 0) is 83.5 Å². The summed E-state index contributed by atoms with van der Waals surface area (Å²) in [6, 6.07) is 15.0. The van der Waals surface area contributed by atoms with Crippen molar-refractivity contribution in [1.29, 1.82) is 5.26 Å². The van der Waals surface area contributed by atoms with Crippen LogP contribution in [0.5, 0.6) is 5.75 Å². The summed E-state index contributed by atoms with van der Waals surface area (Å²) in [5, 5.41) is 33.7. The van der Waals surface area contributed by atoms with Crippen LogP contribution in [0.1, 0.15) is 83.7 Å². The summed E-state index contributed by atoms with van der Waals surface area (Å²) >= 11 is 6.27. The molecule has 20 nitrogen and oxygen atoms in total. The first kappa shape index (κ1) is 62.2. The van der Waals surface area contributed by atoms with Gasteiger partial charge in [0, 0.05) is 111 Å². The van der Waals surface area contributed by atoms with E-state index in [1.54, 1.807) is 18.2 Å². The van der Waals surface area contributed by atoms with Crippen molar-refractivity contribution in [1.82, 2.24) is 51.5 Å². The Balaban J connectivity index is 0.587. The Morgan fingerprint density at radius 3 is 2.10 bits per heavy atom. The van der Waals surface area contributed by atoms with Crippen molar-refractivity contribution in [3.05, 3.63) is 58.6 Å². The number of piperidine rings is 1. The van der Waals surface area contributed by atoms with Crippen LogP contribution in [0.2, 0.25) is 5.02 Å². The predicted octanol–water partition coefficient (Wildman–Crippen LogP) is 3.62. The molecule has 6 fully saturated rings. The van der Waals surface area contributed by atoms with E-state index in [1.165, 1.54) is 0 Å². The van der Waals surface area contributed by atoms with E-state index in [2.05, 4.69) is 114 Å². The summed E-state index contributed by atoms with van der Waals surface area (Å²) in [5.41, 5.74) is 1.27. The van der Waals surface area contributed by atoms with Gasteiger partial charge < -0.3 is 49.3 Å². The van der Waals surface area contributed by atoms with Crippen molar-refractivity contribution < 1.29 is 42.4 Å². The van der Waals surface area contributed by atoms with E-state index in [9.17, 15) is 14.9 Å². The van der Waals surface area contributed by atoms with Crippen LogP contribution in [0, 0.1) is 28.1 Å². The summed E-state index contributed by atoms with van der Waals surface area (Å²) in [6.07, 6.45) is 1.72. The molecule has 0 aromatic heterocycles. The molecule has 1 saturated carbocycles. The van der Waals surface area contributed by atoms with Gasteiger partial charge >= 0.3 is 0 Å². The highest BCUT2D eigenvalue weighted by atomic mass is 35.5. The van der Waals surface area contributed by atoms with Crippen LogP contribution in [0.4, 0.5) is 10.1 Å². The van der Waals surface area contributed by atoms with Crippen molar-refractivity contribution in [3.8, 4) is 11.8 Å². The van der Waals surface area contributed by atoms with Crippen molar-refractivity contribution in [2.45, 2.75) is 135 Å². The molecule has 0 spiro atoms. The number of benzene rings is 2. The topological polar surface area (TPSA) is 210 Å². The number of nitrogens with zero attached hydrogens (tertiary/aromatic N) is 5. The lowest BCUT2D eigenvalue weighted by molar-refractivity contribution is -0.174. The molecule has 5 aliphatic heterocycles. The standard InChI is InChI=1S/C58H92ClFN12O8/c1-38(2)72-39(3)62-36-49(72)50-48(60)35-63-55(67-50)66-43-12-9-40(10-13-43)52(74)71-18-15-44(37-71)69(8)21-22-75-23-24-76-25-26-77-27-28-78-29-30-79-45-16-19-70(20-17-45)56-64-33-42(34-65-56)51(73)68-53-57(4,5)54(58(53,6)7)80-46-14-11-41(32-61)47(59)31-46/h9-14,31,38-39,42,44-45,48-50,53-56,62-67H,15-30,33-37H2,1-8H3,(H,68,73)/t39?,42?,44-,48?,49?,50?,53?,54?,55?,56?/m0/s1. The van der Waals surface area contributed by atoms with Crippen LogP contribution < -0.4 is 42.0 Å². The highest BCUT2D eigenvalue weighted by Crippen LogP contribution is 2.55. The molecular formula is C58H92ClFN12O8. The third-order valence-corrected chi connectivity index (χ3v) is 17.6. The second kappa shape index (κ2) is 29.1. The lowest BCUT2D eigenvalue weighted by Gasteiger charge is -2.63. The molecule has 2 aromatic rings. The number of carbonyl (C=O) groups is 2. The van der Waals surface area contributed by atoms with Gasteiger partial charge in [0.1, 0.15) is 36.7 Å². The van der Waals surface area contributed by atoms with Crippen molar-refractivity contribution in [3.63, 3.8) is 0 Å². The fourth-order valence-electron chi connectivity index (χ4n) is 13.1. The Morgan fingerprint density at radius 1 is 0.838 bits per heavy atom. The molecular weight excluding hydrogens is 1050 g/mol. The van der Waals surface area contributed by atoms with E-state index >= 15 is 4.39 Å². The molecule has 2 aromatic carbocycles. The number of hydrogen-bond donors (Lipinski definition) is 7. The van der Waals surface area contributed by atoms with Gasteiger partial charge in [-0.25, -0.2) is 4.39 Å². The van der Waals surface area contributed by atoms with E-state index in [0.717, 1.165) is 51.1 Å². The quantitative estimate of drug-likeness (QED) is 0.0638. The number of alkyl halides is 1. The van der Waals surface area contributed by atoms with Crippen LogP contribution in [0.3, 0.4) is 0 Å². The Morgan fingerprint density at radius 2 is 1.48 bits per heavy atom. The lowest BCUT2D eigenvalue weighted by Crippen LogP contribution is -2.75. The van der Waals surface area contributed by atoms with Gasteiger partial charge in [-0.2, -0.15) is 5.26 Å². The number of rotatable bonds is 27. The Bertz CT molecular complexity index is 2300. The molecule has 1 aliphatic carbocycles. The van der Waals surface area contributed by atoms with Crippen LogP contribution in [-0.2, 0) is 28.5 Å². The summed E-state index contributed by atoms with van der Waals surface area (Å²) in [4.78, 5) is 36.0. The van der Waals surface area contributed by atoms with Crippen molar-refractivity contribution in [2.24, 2.45) is 16.7 Å². The van der Waals surface area contributed by atoms with Gasteiger partial charge in [0.25, 0.3) is 5.91 Å². The maximum absolute atomic E-state index is 15.2. The number of ether oxygens (including phenoxy) is 6. The van der Waals surface area contributed by atoms with Crippen LogP contribution in [0.15, 0.2) is 42.5 Å². The molecule has 80 heavy (non-hydrogen) atoms. The molecule has 6 atom stereocenters. The minimum atomic E-state index is -1.00.